The highest BCUT2D eigenvalue weighted by atomic mass is 15.2. The summed E-state index contributed by atoms with van der Waals surface area (Å²) in [5.41, 5.74) is 4.78. The molecule has 0 aliphatic heterocycles. The molecule has 0 spiro atoms. The van der Waals surface area contributed by atoms with Crippen LogP contribution in [0.25, 0.3) is 23.1 Å². The van der Waals surface area contributed by atoms with E-state index in [2.05, 4.69) is 88.3 Å². The number of fused-ring (bicyclic) bond motifs is 1. The van der Waals surface area contributed by atoms with Crippen LogP contribution in [0.3, 0.4) is 0 Å². The SMILES string of the molecule is CN(C)c1nc(NCC2CCC(NCc3ccc(/C=C/c4ccccc4)cc3)CC2)nc2ccccc12. The van der Waals surface area contributed by atoms with Gasteiger partial charge in [0.1, 0.15) is 5.82 Å². The lowest BCUT2D eigenvalue weighted by Gasteiger charge is -2.29. The van der Waals surface area contributed by atoms with Gasteiger partial charge in [0, 0.05) is 38.6 Å². The standard InChI is InChI=1S/C32H37N5/c1-37(2)31-29-10-6-7-11-30(29)35-32(36-31)34-23-27-18-20-28(21-19-27)33-22-26-16-14-25(15-17-26)13-12-24-8-4-3-5-9-24/h3-17,27-28,33H,18-23H2,1-2H3,(H,34,35,36)/b13-12+. The molecule has 0 atom stereocenters. The second-order valence-electron chi connectivity index (χ2n) is 10.2. The summed E-state index contributed by atoms with van der Waals surface area (Å²) in [7, 11) is 4.06. The normalized spacial score (nSPS) is 17.8. The molecule has 1 heterocycles. The first kappa shape index (κ1) is 25.0. The van der Waals surface area contributed by atoms with Gasteiger partial charge in [-0.2, -0.15) is 4.98 Å². The minimum absolute atomic E-state index is 0.589. The van der Waals surface area contributed by atoms with E-state index in [0.717, 1.165) is 35.8 Å². The second kappa shape index (κ2) is 12.0. The molecular formula is C32H37N5. The molecule has 1 aromatic heterocycles. The number of aromatic nitrogens is 2. The van der Waals surface area contributed by atoms with Crippen molar-refractivity contribution in [3.8, 4) is 0 Å². The molecule has 2 N–H and O–H groups in total. The Morgan fingerprint density at radius 3 is 2.19 bits per heavy atom. The van der Waals surface area contributed by atoms with Gasteiger partial charge in [0.25, 0.3) is 0 Å². The molecule has 1 fully saturated rings. The van der Waals surface area contributed by atoms with Crippen LogP contribution in [-0.4, -0.2) is 36.6 Å². The van der Waals surface area contributed by atoms with Crippen LogP contribution >= 0.6 is 0 Å². The maximum Gasteiger partial charge on any atom is 0.225 e. The molecule has 5 nitrogen and oxygen atoms in total. The van der Waals surface area contributed by atoms with Gasteiger partial charge in [-0.15, -0.1) is 0 Å². The molecule has 37 heavy (non-hydrogen) atoms. The van der Waals surface area contributed by atoms with Gasteiger partial charge in [0.15, 0.2) is 0 Å². The summed E-state index contributed by atoms with van der Waals surface area (Å²) < 4.78 is 0. The number of benzene rings is 3. The van der Waals surface area contributed by atoms with Crippen LogP contribution in [0.15, 0.2) is 78.9 Å². The largest absolute Gasteiger partial charge is 0.362 e. The summed E-state index contributed by atoms with van der Waals surface area (Å²) in [6, 6.07) is 28.1. The molecule has 3 aromatic carbocycles. The lowest BCUT2D eigenvalue weighted by atomic mass is 9.86. The number of nitrogens with one attached hydrogen (secondary N) is 2. The van der Waals surface area contributed by atoms with Gasteiger partial charge in [-0.3, -0.25) is 0 Å². The summed E-state index contributed by atoms with van der Waals surface area (Å²) in [6.45, 7) is 1.85. The quantitative estimate of drug-likeness (QED) is 0.258. The molecule has 0 radical (unpaired) electrons. The Kier molecular flexibility index (Phi) is 8.11. The molecule has 0 bridgehead atoms. The van der Waals surface area contributed by atoms with Crippen molar-refractivity contribution >= 4 is 34.8 Å². The zero-order valence-corrected chi connectivity index (χ0v) is 21.9. The van der Waals surface area contributed by atoms with Crippen molar-refractivity contribution in [2.75, 3.05) is 30.9 Å². The van der Waals surface area contributed by atoms with E-state index in [-0.39, 0.29) is 0 Å². The molecular weight excluding hydrogens is 454 g/mol. The Hall–Kier alpha value is -3.70. The lowest BCUT2D eigenvalue weighted by Crippen LogP contribution is -2.34. The molecule has 4 aromatic rings. The molecule has 5 rings (SSSR count). The zero-order chi connectivity index (χ0) is 25.5. The number of hydrogen-bond donors (Lipinski definition) is 2. The summed E-state index contributed by atoms with van der Waals surface area (Å²) >= 11 is 0. The van der Waals surface area contributed by atoms with Gasteiger partial charge in [0.05, 0.1) is 5.52 Å². The van der Waals surface area contributed by atoms with Crippen LogP contribution in [0.5, 0.6) is 0 Å². The summed E-state index contributed by atoms with van der Waals surface area (Å²) in [4.78, 5) is 11.6. The van der Waals surface area contributed by atoms with E-state index in [0.29, 0.717) is 12.0 Å². The van der Waals surface area contributed by atoms with Crippen molar-refractivity contribution in [1.82, 2.24) is 15.3 Å². The average Bonchev–Trinajstić information content (AvgIpc) is 2.95. The van der Waals surface area contributed by atoms with Crippen LogP contribution in [0, 0.1) is 5.92 Å². The first-order valence-corrected chi connectivity index (χ1v) is 13.4. The molecule has 1 saturated carbocycles. The van der Waals surface area contributed by atoms with E-state index in [1.54, 1.807) is 0 Å². The Morgan fingerprint density at radius 2 is 1.46 bits per heavy atom. The van der Waals surface area contributed by atoms with Crippen LogP contribution in [0.4, 0.5) is 11.8 Å². The van der Waals surface area contributed by atoms with E-state index in [1.807, 2.05) is 32.3 Å². The highest BCUT2D eigenvalue weighted by Crippen LogP contribution is 2.27. The van der Waals surface area contributed by atoms with Crippen molar-refractivity contribution in [1.29, 1.82) is 0 Å². The van der Waals surface area contributed by atoms with E-state index < -0.39 is 0 Å². The van der Waals surface area contributed by atoms with Gasteiger partial charge in [-0.25, -0.2) is 4.98 Å². The minimum Gasteiger partial charge on any atom is -0.362 e. The van der Waals surface area contributed by atoms with Crippen molar-refractivity contribution in [2.45, 2.75) is 38.3 Å². The number of anilines is 2. The Morgan fingerprint density at radius 1 is 0.784 bits per heavy atom. The third kappa shape index (κ3) is 6.75. The molecule has 190 valence electrons. The molecule has 1 aliphatic carbocycles. The summed E-state index contributed by atoms with van der Waals surface area (Å²) in [6.07, 6.45) is 9.21. The van der Waals surface area contributed by atoms with Crippen molar-refractivity contribution in [3.63, 3.8) is 0 Å². The fraction of sp³-hybridized carbons (Fsp3) is 0.312. The molecule has 1 aliphatic rings. The minimum atomic E-state index is 0.589. The fourth-order valence-corrected chi connectivity index (χ4v) is 5.05. The maximum atomic E-state index is 4.78. The van der Waals surface area contributed by atoms with Crippen LogP contribution in [0.2, 0.25) is 0 Å². The zero-order valence-electron chi connectivity index (χ0n) is 21.9. The van der Waals surface area contributed by atoms with E-state index >= 15 is 0 Å². The molecule has 0 saturated heterocycles. The van der Waals surface area contributed by atoms with E-state index in [9.17, 15) is 0 Å². The predicted octanol–water partition coefficient (Wildman–Crippen LogP) is 6.63. The van der Waals surface area contributed by atoms with Gasteiger partial charge >= 0.3 is 0 Å². The predicted molar refractivity (Wildman–Crippen MR) is 157 cm³/mol. The first-order valence-electron chi connectivity index (χ1n) is 13.4. The number of rotatable bonds is 9. The van der Waals surface area contributed by atoms with Crippen molar-refractivity contribution < 1.29 is 0 Å². The van der Waals surface area contributed by atoms with E-state index in [4.69, 9.17) is 9.97 Å². The maximum absolute atomic E-state index is 4.78. The Balaban J connectivity index is 1.07. The first-order chi connectivity index (χ1) is 18.1. The number of nitrogens with zero attached hydrogens (tertiary/aromatic N) is 3. The Bertz CT molecular complexity index is 1310. The van der Waals surface area contributed by atoms with Gasteiger partial charge < -0.3 is 15.5 Å². The highest BCUT2D eigenvalue weighted by Gasteiger charge is 2.21. The molecule has 0 unspecified atom stereocenters. The summed E-state index contributed by atoms with van der Waals surface area (Å²) in [5.74, 6) is 2.34. The van der Waals surface area contributed by atoms with Crippen LogP contribution in [-0.2, 0) is 6.54 Å². The monoisotopic (exact) mass is 491 g/mol. The fourth-order valence-electron chi connectivity index (χ4n) is 5.05. The third-order valence-corrected chi connectivity index (χ3v) is 7.24. The highest BCUT2D eigenvalue weighted by molar-refractivity contribution is 5.90. The van der Waals surface area contributed by atoms with Gasteiger partial charge in [0.2, 0.25) is 5.95 Å². The van der Waals surface area contributed by atoms with Crippen molar-refractivity contribution in [3.05, 3.63) is 95.6 Å². The molecule has 0 amide bonds. The van der Waals surface area contributed by atoms with Crippen LogP contribution < -0.4 is 15.5 Å². The Labute approximate surface area is 220 Å². The lowest BCUT2D eigenvalue weighted by molar-refractivity contribution is 0.300. The number of para-hydroxylation sites is 1. The third-order valence-electron chi connectivity index (χ3n) is 7.24. The second-order valence-corrected chi connectivity index (χ2v) is 10.2. The average molecular weight is 492 g/mol. The van der Waals surface area contributed by atoms with Crippen LogP contribution in [0.1, 0.15) is 42.4 Å². The summed E-state index contributed by atoms with van der Waals surface area (Å²) in [5, 5.41) is 8.39. The van der Waals surface area contributed by atoms with E-state index in [1.165, 1.54) is 42.4 Å². The van der Waals surface area contributed by atoms with Gasteiger partial charge in [-0.1, -0.05) is 78.9 Å². The van der Waals surface area contributed by atoms with Crippen molar-refractivity contribution in [2.24, 2.45) is 5.92 Å². The molecule has 5 heteroatoms. The topological polar surface area (TPSA) is 53.1 Å². The number of hydrogen-bond acceptors (Lipinski definition) is 5. The smallest absolute Gasteiger partial charge is 0.225 e. The van der Waals surface area contributed by atoms with Gasteiger partial charge in [-0.05, 0) is 60.4 Å².